The van der Waals surface area contributed by atoms with E-state index < -0.39 is 0 Å². The Hall–Kier alpha value is -1.42. The van der Waals surface area contributed by atoms with Gasteiger partial charge in [0.1, 0.15) is 5.78 Å². The molecule has 0 aliphatic rings. The molecule has 1 atom stereocenters. The van der Waals surface area contributed by atoms with Crippen LogP contribution in [-0.4, -0.2) is 29.4 Å². The second-order valence-corrected chi connectivity index (χ2v) is 17.4. The zero-order valence-corrected chi connectivity index (χ0v) is 38.1. The number of carbonyl (C=O) groups is 2. The van der Waals surface area contributed by atoms with E-state index in [0.29, 0.717) is 12.2 Å². The van der Waals surface area contributed by atoms with Crippen LogP contribution in [0.2, 0.25) is 0 Å². The summed E-state index contributed by atoms with van der Waals surface area (Å²) >= 11 is 0. The fourth-order valence-electron chi connectivity index (χ4n) is 7.91. The van der Waals surface area contributed by atoms with Crippen molar-refractivity contribution in [1.82, 2.24) is 5.32 Å². The lowest BCUT2D eigenvalue weighted by Gasteiger charge is -2.16. The van der Waals surface area contributed by atoms with E-state index in [4.69, 9.17) is 0 Å². The average molecular weight is 786 g/mol. The molecular weight excluding hydrogens is 687 g/mol. The van der Waals surface area contributed by atoms with E-state index in [2.05, 4.69) is 43.5 Å². The Kier molecular flexibility index (Phi) is 46.7. The first-order valence-electron chi connectivity index (χ1n) is 25.4. The minimum Gasteiger partial charge on any atom is -0.394 e. The molecule has 0 fully saturated rings. The number of aliphatic hydroxyl groups is 1. The molecule has 4 heteroatoms. The average Bonchev–Trinajstić information content (AvgIpc) is 3.20. The molecule has 0 saturated carbocycles. The summed E-state index contributed by atoms with van der Waals surface area (Å²) in [6.45, 7) is 4.60. The minimum atomic E-state index is -0.0696. The second kappa shape index (κ2) is 48.0. The van der Waals surface area contributed by atoms with E-state index in [0.717, 1.165) is 57.8 Å². The first-order valence-corrected chi connectivity index (χ1v) is 25.4. The molecule has 2 N–H and O–H groups in total. The lowest BCUT2D eigenvalue weighted by Crippen LogP contribution is -2.37. The number of hydrogen-bond donors (Lipinski definition) is 2. The van der Waals surface area contributed by atoms with Crippen molar-refractivity contribution in [2.75, 3.05) is 6.61 Å². The van der Waals surface area contributed by atoms with Crippen LogP contribution in [0.3, 0.4) is 0 Å². The number of hydrogen-bond acceptors (Lipinski definition) is 3. The summed E-state index contributed by atoms with van der Waals surface area (Å²) < 4.78 is 0. The van der Waals surface area contributed by atoms with Crippen molar-refractivity contribution >= 4 is 11.7 Å². The number of nitrogens with one attached hydrogen (secondary N) is 1. The summed E-state index contributed by atoms with van der Waals surface area (Å²) in [5.74, 6) is 0.605. The number of carbonyl (C=O) groups excluding carboxylic acids is 2. The molecule has 0 saturated heterocycles. The molecule has 0 aromatic heterocycles. The van der Waals surface area contributed by atoms with Gasteiger partial charge in [0, 0.05) is 19.3 Å². The smallest absolute Gasteiger partial charge is 0.220 e. The molecule has 0 spiro atoms. The van der Waals surface area contributed by atoms with Gasteiger partial charge in [0.2, 0.25) is 5.91 Å². The van der Waals surface area contributed by atoms with Gasteiger partial charge in [0.15, 0.2) is 0 Å². The zero-order chi connectivity index (χ0) is 40.7. The van der Waals surface area contributed by atoms with Crippen LogP contribution < -0.4 is 5.32 Å². The van der Waals surface area contributed by atoms with Crippen molar-refractivity contribution in [3.05, 3.63) is 24.3 Å². The largest absolute Gasteiger partial charge is 0.394 e. The summed E-state index contributed by atoms with van der Waals surface area (Å²) in [4.78, 5) is 24.6. The van der Waals surface area contributed by atoms with Gasteiger partial charge in [-0.15, -0.1) is 0 Å². The van der Waals surface area contributed by atoms with E-state index in [1.165, 1.54) is 205 Å². The molecular formula is C52H99NO3. The number of amides is 1. The monoisotopic (exact) mass is 786 g/mol. The maximum absolute atomic E-state index is 12.4. The molecule has 1 amide bonds. The molecule has 0 aromatic carbocycles. The van der Waals surface area contributed by atoms with Gasteiger partial charge < -0.3 is 10.4 Å². The third-order valence-electron chi connectivity index (χ3n) is 11.8. The first-order chi connectivity index (χ1) is 27.6. The van der Waals surface area contributed by atoms with Crippen LogP contribution in [0.5, 0.6) is 0 Å². The van der Waals surface area contributed by atoms with Gasteiger partial charge in [-0.25, -0.2) is 0 Å². The van der Waals surface area contributed by atoms with E-state index >= 15 is 0 Å². The zero-order valence-electron chi connectivity index (χ0n) is 38.1. The molecule has 0 aromatic rings. The van der Waals surface area contributed by atoms with Crippen LogP contribution in [0.15, 0.2) is 24.3 Å². The van der Waals surface area contributed by atoms with Gasteiger partial charge in [-0.3, -0.25) is 9.59 Å². The number of aliphatic hydroxyl groups excluding tert-OH is 1. The van der Waals surface area contributed by atoms with Gasteiger partial charge in [-0.1, -0.05) is 231 Å². The number of allylic oxidation sites excluding steroid dienone is 4. The van der Waals surface area contributed by atoms with Crippen LogP contribution in [0.1, 0.15) is 284 Å². The van der Waals surface area contributed by atoms with Crippen LogP contribution in [0, 0.1) is 0 Å². The lowest BCUT2D eigenvalue weighted by atomic mass is 10.0. The van der Waals surface area contributed by atoms with Gasteiger partial charge in [-0.05, 0) is 57.8 Å². The van der Waals surface area contributed by atoms with E-state index in [-0.39, 0.29) is 18.6 Å². The minimum absolute atomic E-state index is 0.0581. The normalized spacial score (nSPS) is 12.3. The first kappa shape index (κ1) is 54.6. The third-order valence-corrected chi connectivity index (χ3v) is 11.8. The Morgan fingerprint density at radius 3 is 1.14 bits per heavy atom. The highest BCUT2D eigenvalue weighted by Gasteiger charge is 2.11. The van der Waals surface area contributed by atoms with Gasteiger partial charge in [0.05, 0.1) is 12.6 Å². The highest BCUT2D eigenvalue weighted by atomic mass is 16.3. The maximum Gasteiger partial charge on any atom is 0.220 e. The Morgan fingerprint density at radius 2 is 0.732 bits per heavy atom. The summed E-state index contributed by atoms with van der Waals surface area (Å²) in [5.41, 5.74) is 0. The third kappa shape index (κ3) is 45.3. The van der Waals surface area contributed by atoms with E-state index in [9.17, 15) is 14.7 Å². The molecule has 0 aliphatic carbocycles. The Bertz CT molecular complexity index is 851. The standard InChI is InChI=1S/C52H99NO3/c1-3-5-7-9-11-13-15-17-19-22-26-30-34-38-42-46-51(55)47-43-39-35-31-27-23-20-24-28-32-36-40-44-48-52(56)53-50(49-54)45-41-37-33-29-25-21-18-16-14-12-10-8-6-4-2/h11,13,17,19,50,54H,3-10,12,14-16,18,20-49H2,1-2H3,(H,53,56)/b13-11-,19-17-. The van der Waals surface area contributed by atoms with Crippen LogP contribution >= 0.6 is 0 Å². The van der Waals surface area contributed by atoms with Crippen molar-refractivity contribution in [2.24, 2.45) is 0 Å². The second-order valence-electron chi connectivity index (χ2n) is 17.4. The number of Topliss-reactive ketones (excluding diaryl/α,β-unsaturated/α-hetero) is 1. The number of rotatable bonds is 47. The molecule has 4 nitrogen and oxygen atoms in total. The molecule has 56 heavy (non-hydrogen) atoms. The summed E-state index contributed by atoms with van der Waals surface area (Å²) in [6, 6.07) is -0.0696. The summed E-state index contributed by atoms with van der Waals surface area (Å²) in [5, 5.41) is 12.8. The molecule has 330 valence electrons. The lowest BCUT2D eigenvalue weighted by molar-refractivity contribution is -0.122. The Morgan fingerprint density at radius 1 is 0.411 bits per heavy atom. The molecule has 0 aliphatic heterocycles. The number of unbranched alkanes of at least 4 members (excludes halogenated alkanes) is 33. The topological polar surface area (TPSA) is 66.4 Å². The van der Waals surface area contributed by atoms with E-state index in [1.807, 2.05) is 0 Å². The predicted octanol–water partition coefficient (Wildman–Crippen LogP) is 16.6. The molecule has 0 rings (SSSR count). The SMILES string of the molecule is CCCCC/C=C\C/C=C\CCCCCCCC(=O)CCCCCCCCCCCCCCCC(=O)NC(CO)CCCCCCCCCCCCCCCC. The molecule has 0 heterocycles. The number of ketones is 1. The molecule has 0 radical (unpaired) electrons. The van der Waals surface area contributed by atoms with Gasteiger partial charge in [0.25, 0.3) is 0 Å². The predicted molar refractivity (Wildman–Crippen MR) is 248 cm³/mol. The van der Waals surface area contributed by atoms with Crippen LogP contribution in [-0.2, 0) is 9.59 Å². The molecule has 0 bridgehead atoms. The highest BCUT2D eigenvalue weighted by Crippen LogP contribution is 2.16. The van der Waals surface area contributed by atoms with Crippen LogP contribution in [0.4, 0.5) is 0 Å². The molecule has 1 unspecified atom stereocenters. The fraction of sp³-hybridized carbons (Fsp3) is 0.885. The van der Waals surface area contributed by atoms with Crippen molar-refractivity contribution in [2.45, 2.75) is 290 Å². The van der Waals surface area contributed by atoms with Crippen molar-refractivity contribution in [1.29, 1.82) is 0 Å². The van der Waals surface area contributed by atoms with Gasteiger partial charge >= 0.3 is 0 Å². The maximum atomic E-state index is 12.4. The fourth-order valence-corrected chi connectivity index (χ4v) is 7.91. The van der Waals surface area contributed by atoms with Crippen molar-refractivity contribution in [3.63, 3.8) is 0 Å². The highest BCUT2D eigenvalue weighted by molar-refractivity contribution is 5.78. The summed E-state index contributed by atoms with van der Waals surface area (Å²) in [7, 11) is 0. The Balaban J connectivity index is 3.39. The quantitative estimate of drug-likeness (QED) is 0.0477. The van der Waals surface area contributed by atoms with Gasteiger partial charge in [-0.2, -0.15) is 0 Å². The summed E-state index contributed by atoms with van der Waals surface area (Å²) in [6.07, 6.45) is 61.1. The van der Waals surface area contributed by atoms with Crippen LogP contribution in [0.25, 0.3) is 0 Å². The van der Waals surface area contributed by atoms with Crippen molar-refractivity contribution < 1.29 is 14.7 Å². The Labute approximate surface area is 351 Å². The van der Waals surface area contributed by atoms with E-state index in [1.54, 1.807) is 0 Å². The van der Waals surface area contributed by atoms with Crippen molar-refractivity contribution in [3.8, 4) is 0 Å².